The zero-order chi connectivity index (χ0) is 6.53. The van der Waals surface area contributed by atoms with E-state index in [1.54, 1.807) is 0 Å². The van der Waals surface area contributed by atoms with Gasteiger partial charge < -0.3 is 5.73 Å². The summed E-state index contributed by atoms with van der Waals surface area (Å²) in [5, 5.41) is 0. The van der Waals surface area contributed by atoms with Crippen molar-refractivity contribution >= 4 is 0 Å². The average Bonchev–Trinajstić information content (AvgIpc) is 1.79. The van der Waals surface area contributed by atoms with Crippen LogP contribution in [0.25, 0.3) is 0 Å². The summed E-state index contributed by atoms with van der Waals surface area (Å²) in [5.41, 5.74) is 6.63. The van der Waals surface area contributed by atoms with Gasteiger partial charge in [0, 0.05) is 5.70 Å². The fourth-order valence-corrected chi connectivity index (χ4v) is 0.963. The molecule has 2 N–H and O–H groups in total. The first-order valence-corrected chi connectivity index (χ1v) is 3.51. The van der Waals surface area contributed by atoms with Gasteiger partial charge >= 0.3 is 0 Å². The van der Waals surface area contributed by atoms with E-state index in [9.17, 15) is 0 Å². The monoisotopic (exact) mass is 123 g/mol. The maximum atomic E-state index is 5.61. The molecule has 50 valence electrons. The Kier molecular flexibility index (Phi) is 2.37. The molecule has 0 bridgehead atoms. The van der Waals surface area contributed by atoms with E-state index >= 15 is 0 Å². The topological polar surface area (TPSA) is 26.0 Å². The third-order valence-electron chi connectivity index (χ3n) is 1.53. The van der Waals surface area contributed by atoms with Gasteiger partial charge in [-0.2, -0.15) is 0 Å². The first-order valence-electron chi connectivity index (χ1n) is 3.51. The summed E-state index contributed by atoms with van der Waals surface area (Å²) in [4.78, 5) is 0. The quantitative estimate of drug-likeness (QED) is 0.523. The smallest absolute Gasteiger partial charge is 0.00803 e. The Morgan fingerprint density at radius 2 is 2.22 bits per heavy atom. The summed E-state index contributed by atoms with van der Waals surface area (Å²) < 4.78 is 0. The molecule has 1 rings (SSSR count). The highest BCUT2D eigenvalue weighted by molar-refractivity contribution is 5.10. The van der Waals surface area contributed by atoms with Crippen LogP contribution in [-0.2, 0) is 0 Å². The van der Waals surface area contributed by atoms with Gasteiger partial charge in [0.05, 0.1) is 0 Å². The Morgan fingerprint density at radius 1 is 1.33 bits per heavy atom. The van der Waals surface area contributed by atoms with Crippen LogP contribution in [0.5, 0.6) is 0 Å². The van der Waals surface area contributed by atoms with E-state index in [2.05, 4.69) is 12.2 Å². The lowest BCUT2D eigenvalue weighted by atomic mass is 10.1. The molecule has 0 radical (unpaired) electrons. The van der Waals surface area contributed by atoms with E-state index in [4.69, 9.17) is 5.73 Å². The van der Waals surface area contributed by atoms with Crippen LogP contribution >= 0.6 is 0 Å². The molecular weight excluding hydrogens is 110 g/mol. The molecule has 1 aliphatic rings. The predicted octanol–water partition coefficient (Wildman–Crippen LogP) is 1.96. The van der Waals surface area contributed by atoms with Gasteiger partial charge in [-0.05, 0) is 31.8 Å². The largest absolute Gasteiger partial charge is 0.402 e. The van der Waals surface area contributed by atoms with Crippen LogP contribution in [0.1, 0.15) is 25.7 Å². The maximum absolute atomic E-state index is 5.61. The molecule has 1 heteroatoms. The lowest BCUT2D eigenvalue weighted by Crippen LogP contribution is -1.96. The van der Waals surface area contributed by atoms with E-state index in [-0.39, 0.29) is 0 Å². The van der Waals surface area contributed by atoms with Gasteiger partial charge in [0.25, 0.3) is 0 Å². The van der Waals surface area contributed by atoms with Crippen LogP contribution in [0.4, 0.5) is 0 Å². The molecule has 1 aliphatic carbocycles. The molecule has 0 atom stereocenters. The van der Waals surface area contributed by atoms with Crippen molar-refractivity contribution < 1.29 is 0 Å². The number of hydrogen-bond acceptors (Lipinski definition) is 1. The van der Waals surface area contributed by atoms with Gasteiger partial charge in [-0.15, -0.1) is 0 Å². The maximum Gasteiger partial charge on any atom is 0.00803 e. The highest BCUT2D eigenvalue weighted by Gasteiger charge is 1.91. The molecule has 0 unspecified atom stereocenters. The summed E-state index contributed by atoms with van der Waals surface area (Å²) in [6, 6.07) is 0. The minimum atomic E-state index is 1.02. The van der Waals surface area contributed by atoms with Crippen molar-refractivity contribution in [2.75, 3.05) is 0 Å². The fourth-order valence-electron chi connectivity index (χ4n) is 0.963. The second kappa shape index (κ2) is 3.33. The third-order valence-corrected chi connectivity index (χ3v) is 1.53. The van der Waals surface area contributed by atoms with Crippen LogP contribution in [0, 0.1) is 0 Å². The number of rotatable bonds is 0. The number of hydrogen-bond donors (Lipinski definition) is 1. The van der Waals surface area contributed by atoms with Crippen LogP contribution in [0.2, 0.25) is 0 Å². The van der Waals surface area contributed by atoms with Crippen molar-refractivity contribution in [1.82, 2.24) is 0 Å². The Balaban J connectivity index is 2.48. The highest BCUT2D eigenvalue weighted by Crippen LogP contribution is 2.08. The molecule has 0 aromatic carbocycles. The Morgan fingerprint density at radius 3 is 3.11 bits per heavy atom. The van der Waals surface area contributed by atoms with Crippen molar-refractivity contribution in [2.45, 2.75) is 25.7 Å². The third kappa shape index (κ3) is 2.36. The molecule has 0 saturated heterocycles. The minimum absolute atomic E-state index is 1.02. The zero-order valence-electron chi connectivity index (χ0n) is 5.64. The van der Waals surface area contributed by atoms with Crippen LogP contribution in [0.3, 0.4) is 0 Å². The average molecular weight is 123 g/mol. The van der Waals surface area contributed by atoms with Crippen LogP contribution < -0.4 is 5.73 Å². The molecule has 0 spiro atoms. The molecule has 0 aromatic heterocycles. The van der Waals surface area contributed by atoms with Gasteiger partial charge in [0.15, 0.2) is 0 Å². The van der Waals surface area contributed by atoms with Crippen molar-refractivity contribution in [3.05, 3.63) is 23.9 Å². The molecule has 0 heterocycles. The van der Waals surface area contributed by atoms with E-state index < -0.39 is 0 Å². The number of allylic oxidation sites excluding steroid dienone is 4. The zero-order valence-corrected chi connectivity index (χ0v) is 5.64. The molecular formula is C8H13N. The highest BCUT2D eigenvalue weighted by atomic mass is 14.6. The molecule has 0 amide bonds. The van der Waals surface area contributed by atoms with E-state index in [0.717, 1.165) is 12.1 Å². The lowest BCUT2D eigenvalue weighted by Gasteiger charge is -2.01. The lowest BCUT2D eigenvalue weighted by molar-refractivity contribution is 0.733. The Hall–Kier alpha value is -0.720. The van der Waals surface area contributed by atoms with Gasteiger partial charge in [-0.1, -0.05) is 12.2 Å². The SMILES string of the molecule is NC1=CC=CCCCC1. The van der Waals surface area contributed by atoms with Gasteiger partial charge in [0.2, 0.25) is 0 Å². The second-order valence-electron chi connectivity index (χ2n) is 2.42. The minimum Gasteiger partial charge on any atom is -0.402 e. The summed E-state index contributed by atoms with van der Waals surface area (Å²) in [7, 11) is 0. The first kappa shape index (κ1) is 6.40. The molecule has 0 aromatic rings. The molecule has 0 aliphatic heterocycles. The summed E-state index contributed by atoms with van der Waals surface area (Å²) in [6.07, 6.45) is 11.0. The first-order chi connectivity index (χ1) is 4.39. The van der Waals surface area contributed by atoms with E-state index in [1.807, 2.05) is 6.08 Å². The Bertz CT molecular complexity index is 134. The molecule has 0 saturated carbocycles. The van der Waals surface area contributed by atoms with Crippen molar-refractivity contribution in [3.63, 3.8) is 0 Å². The van der Waals surface area contributed by atoms with E-state index in [1.165, 1.54) is 19.3 Å². The molecule has 9 heavy (non-hydrogen) atoms. The van der Waals surface area contributed by atoms with Crippen molar-refractivity contribution in [3.8, 4) is 0 Å². The second-order valence-corrected chi connectivity index (χ2v) is 2.42. The predicted molar refractivity (Wildman–Crippen MR) is 39.9 cm³/mol. The van der Waals surface area contributed by atoms with Crippen LogP contribution in [0.15, 0.2) is 23.9 Å². The van der Waals surface area contributed by atoms with Crippen molar-refractivity contribution in [1.29, 1.82) is 0 Å². The molecule has 1 nitrogen and oxygen atoms in total. The van der Waals surface area contributed by atoms with Gasteiger partial charge in [-0.25, -0.2) is 0 Å². The molecule has 0 fully saturated rings. The normalized spacial score (nSPS) is 20.2. The van der Waals surface area contributed by atoms with Gasteiger partial charge in [0.1, 0.15) is 0 Å². The van der Waals surface area contributed by atoms with Crippen molar-refractivity contribution in [2.24, 2.45) is 5.73 Å². The fraction of sp³-hybridized carbons (Fsp3) is 0.500. The van der Waals surface area contributed by atoms with Gasteiger partial charge in [-0.3, -0.25) is 0 Å². The summed E-state index contributed by atoms with van der Waals surface area (Å²) in [6.45, 7) is 0. The standard InChI is InChI=1S/C8H13N/c9-8-6-4-2-1-3-5-7-8/h2,4,6H,1,3,5,7,9H2. The van der Waals surface area contributed by atoms with E-state index in [0.29, 0.717) is 0 Å². The number of nitrogens with two attached hydrogens (primary N) is 1. The summed E-state index contributed by atoms with van der Waals surface area (Å²) >= 11 is 0. The summed E-state index contributed by atoms with van der Waals surface area (Å²) in [5.74, 6) is 0. The Labute approximate surface area is 56.2 Å². The van der Waals surface area contributed by atoms with Crippen LogP contribution in [-0.4, -0.2) is 0 Å².